The first-order valence-corrected chi connectivity index (χ1v) is 10.0. The standard InChI is InChI=1S/C25H23N5/c1-16-13-20(19-9-6-5-7-10-19)14-17(2)23(16)30-15-26-28-25(30)21-11-8-12-22-24(21)29(4)18(3)27-22/h5-15H,1-4H3. The van der Waals surface area contributed by atoms with E-state index in [1.54, 1.807) is 6.33 Å². The summed E-state index contributed by atoms with van der Waals surface area (Å²) in [5.74, 6) is 1.80. The van der Waals surface area contributed by atoms with Crippen LogP contribution in [0.15, 0.2) is 67.0 Å². The van der Waals surface area contributed by atoms with Crippen LogP contribution >= 0.6 is 0 Å². The van der Waals surface area contributed by atoms with Crippen LogP contribution in [-0.2, 0) is 7.05 Å². The lowest BCUT2D eigenvalue weighted by atomic mass is 9.98. The molecule has 0 bridgehead atoms. The van der Waals surface area contributed by atoms with E-state index in [1.807, 2.05) is 32.2 Å². The molecule has 2 aromatic heterocycles. The maximum absolute atomic E-state index is 4.67. The molecule has 0 N–H and O–H groups in total. The van der Waals surface area contributed by atoms with Gasteiger partial charge < -0.3 is 4.57 Å². The van der Waals surface area contributed by atoms with Gasteiger partial charge in [0.2, 0.25) is 0 Å². The quantitative estimate of drug-likeness (QED) is 0.412. The van der Waals surface area contributed by atoms with Crippen molar-refractivity contribution >= 4 is 11.0 Å². The van der Waals surface area contributed by atoms with Crippen LogP contribution in [-0.4, -0.2) is 24.3 Å². The molecule has 2 heterocycles. The van der Waals surface area contributed by atoms with Crippen LogP contribution in [0.5, 0.6) is 0 Å². The second kappa shape index (κ2) is 6.95. The van der Waals surface area contributed by atoms with Gasteiger partial charge in [0.25, 0.3) is 0 Å². The minimum atomic E-state index is 0.822. The van der Waals surface area contributed by atoms with Crippen molar-refractivity contribution < 1.29 is 0 Å². The summed E-state index contributed by atoms with van der Waals surface area (Å²) >= 11 is 0. The number of rotatable bonds is 3. The molecule has 0 aliphatic heterocycles. The highest BCUT2D eigenvalue weighted by atomic mass is 15.3. The molecule has 5 rings (SSSR count). The minimum absolute atomic E-state index is 0.822. The molecule has 0 atom stereocenters. The van der Waals surface area contributed by atoms with Crippen molar-refractivity contribution in [1.29, 1.82) is 0 Å². The molecule has 30 heavy (non-hydrogen) atoms. The minimum Gasteiger partial charge on any atom is -0.331 e. The summed E-state index contributed by atoms with van der Waals surface area (Å²) in [5.41, 5.74) is 8.98. The fraction of sp³-hybridized carbons (Fsp3) is 0.160. The first-order valence-electron chi connectivity index (χ1n) is 10.0. The SMILES string of the molecule is Cc1cc(-c2ccccc2)cc(C)c1-n1cnnc1-c1cccc2nc(C)n(C)c12. The Labute approximate surface area is 175 Å². The number of aryl methyl sites for hydroxylation is 4. The molecule has 0 saturated heterocycles. The van der Waals surface area contributed by atoms with Gasteiger partial charge in [-0.05, 0) is 67.3 Å². The summed E-state index contributed by atoms with van der Waals surface area (Å²) in [4.78, 5) is 4.67. The van der Waals surface area contributed by atoms with E-state index < -0.39 is 0 Å². The zero-order chi connectivity index (χ0) is 20.8. The van der Waals surface area contributed by atoms with Crippen molar-refractivity contribution in [3.8, 4) is 28.2 Å². The molecular weight excluding hydrogens is 370 g/mol. The van der Waals surface area contributed by atoms with Gasteiger partial charge in [-0.1, -0.05) is 36.4 Å². The van der Waals surface area contributed by atoms with Gasteiger partial charge in [0.05, 0.1) is 16.7 Å². The number of imidazole rings is 1. The molecule has 5 aromatic rings. The van der Waals surface area contributed by atoms with E-state index in [0.29, 0.717) is 0 Å². The zero-order valence-electron chi connectivity index (χ0n) is 17.6. The molecule has 5 heteroatoms. The Balaban J connectivity index is 1.70. The molecule has 0 spiro atoms. The van der Waals surface area contributed by atoms with Gasteiger partial charge in [0.1, 0.15) is 12.2 Å². The van der Waals surface area contributed by atoms with Gasteiger partial charge in [0, 0.05) is 12.6 Å². The summed E-state index contributed by atoms with van der Waals surface area (Å²) in [6.45, 7) is 6.31. The van der Waals surface area contributed by atoms with Crippen molar-refractivity contribution in [2.75, 3.05) is 0 Å². The summed E-state index contributed by atoms with van der Waals surface area (Å²) in [7, 11) is 2.04. The summed E-state index contributed by atoms with van der Waals surface area (Å²) in [5, 5.41) is 8.76. The Morgan fingerprint density at radius 3 is 2.27 bits per heavy atom. The Hall–Kier alpha value is -3.73. The van der Waals surface area contributed by atoms with Crippen molar-refractivity contribution in [3.63, 3.8) is 0 Å². The van der Waals surface area contributed by atoms with E-state index in [-0.39, 0.29) is 0 Å². The highest BCUT2D eigenvalue weighted by molar-refractivity contribution is 5.91. The van der Waals surface area contributed by atoms with Crippen LogP contribution in [0.1, 0.15) is 17.0 Å². The van der Waals surface area contributed by atoms with Crippen molar-refractivity contribution in [2.45, 2.75) is 20.8 Å². The molecule has 148 valence electrons. The van der Waals surface area contributed by atoms with Gasteiger partial charge in [-0.25, -0.2) is 4.98 Å². The topological polar surface area (TPSA) is 48.5 Å². The summed E-state index contributed by atoms with van der Waals surface area (Å²) in [6.07, 6.45) is 1.80. The van der Waals surface area contributed by atoms with Crippen LogP contribution in [0, 0.1) is 20.8 Å². The number of hydrogen-bond acceptors (Lipinski definition) is 3. The normalized spacial score (nSPS) is 11.3. The highest BCUT2D eigenvalue weighted by Gasteiger charge is 2.18. The summed E-state index contributed by atoms with van der Waals surface area (Å²) < 4.78 is 4.21. The molecule has 3 aromatic carbocycles. The third-order valence-corrected chi connectivity index (χ3v) is 5.75. The number of nitrogens with zero attached hydrogens (tertiary/aromatic N) is 5. The fourth-order valence-electron chi connectivity index (χ4n) is 4.28. The molecule has 5 nitrogen and oxygen atoms in total. The van der Waals surface area contributed by atoms with Crippen molar-refractivity contribution in [2.24, 2.45) is 7.05 Å². The van der Waals surface area contributed by atoms with Crippen LogP contribution < -0.4 is 0 Å². The Morgan fingerprint density at radius 1 is 0.800 bits per heavy atom. The highest BCUT2D eigenvalue weighted by Crippen LogP contribution is 2.32. The van der Waals surface area contributed by atoms with E-state index in [0.717, 1.165) is 33.9 Å². The Morgan fingerprint density at radius 2 is 1.53 bits per heavy atom. The second-order valence-corrected chi connectivity index (χ2v) is 7.74. The van der Waals surface area contributed by atoms with E-state index >= 15 is 0 Å². The lowest BCUT2D eigenvalue weighted by Gasteiger charge is -2.16. The molecule has 0 amide bonds. The third-order valence-electron chi connectivity index (χ3n) is 5.75. The molecule has 0 unspecified atom stereocenters. The van der Waals surface area contributed by atoms with Crippen LogP contribution in [0.3, 0.4) is 0 Å². The van der Waals surface area contributed by atoms with Gasteiger partial charge in [0.15, 0.2) is 5.82 Å². The monoisotopic (exact) mass is 393 g/mol. The zero-order valence-corrected chi connectivity index (χ0v) is 17.6. The van der Waals surface area contributed by atoms with Gasteiger partial charge >= 0.3 is 0 Å². The Kier molecular flexibility index (Phi) is 4.24. The van der Waals surface area contributed by atoms with E-state index in [2.05, 4.69) is 80.6 Å². The van der Waals surface area contributed by atoms with E-state index in [9.17, 15) is 0 Å². The first-order chi connectivity index (χ1) is 14.5. The predicted octanol–water partition coefficient (Wildman–Crippen LogP) is 5.41. The predicted molar refractivity (Wildman–Crippen MR) is 121 cm³/mol. The van der Waals surface area contributed by atoms with Gasteiger partial charge in [-0.3, -0.25) is 4.57 Å². The Bertz CT molecular complexity index is 1350. The molecule has 0 saturated carbocycles. The average molecular weight is 393 g/mol. The molecule has 0 fully saturated rings. The van der Waals surface area contributed by atoms with Gasteiger partial charge in [-0.2, -0.15) is 0 Å². The summed E-state index contributed by atoms with van der Waals surface area (Å²) in [6, 6.07) is 21.1. The number of aromatic nitrogens is 5. The number of hydrogen-bond donors (Lipinski definition) is 0. The van der Waals surface area contributed by atoms with Gasteiger partial charge in [-0.15, -0.1) is 10.2 Å². The molecular formula is C25H23N5. The lowest BCUT2D eigenvalue weighted by molar-refractivity contribution is 0.885. The van der Waals surface area contributed by atoms with Crippen molar-refractivity contribution in [1.82, 2.24) is 24.3 Å². The fourth-order valence-corrected chi connectivity index (χ4v) is 4.28. The van der Waals surface area contributed by atoms with Crippen LogP contribution in [0.4, 0.5) is 0 Å². The van der Waals surface area contributed by atoms with E-state index in [4.69, 9.17) is 0 Å². The van der Waals surface area contributed by atoms with Crippen molar-refractivity contribution in [3.05, 3.63) is 83.9 Å². The largest absolute Gasteiger partial charge is 0.331 e. The third kappa shape index (κ3) is 2.82. The number of para-hydroxylation sites is 1. The smallest absolute Gasteiger partial charge is 0.170 e. The maximum Gasteiger partial charge on any atom is 0.170 e. The van der Waals surface area contributed by atoms with Crippen LogP contribution in [0.25, 0.3) is 39.2 Å². The molecule has 0 aliphatic rings. The first kappa shape index (κ1) is 18.3. The second-order valence-electron chi connectivity index (χ2n) is 7.74. The van der Waals surface area contributed by atoms with E-state index in [1.165, 1.54) is 22.3 Å². The molecule has 0 aliphatic carbocycles. The number of benzene rings is 3. The maximum atomic E-state index is 4.67. The molecule has 0 radical (unpaired) electrons. The van der Waals surface area contributed by atoms with Crippen LogP contribution in [0.2, 0.25) is 0 Å². The lowest BCUT2D eigenvalue weighted by Crippen LogP contribution is -2.03. The number of fused-ring (bicyclic) bond motifs is 1. The average Bonchev–Trinajstić information content (AvgIpc) is 3.33.